The van der Waals surface area contributed by atoms with E-state index in [0.717, 1.165) is 0 Å². The number of Topliss-reactive ketones (excluding diaryl/α,β-unsaturated/α-hetero) is 1. The smallest absolute Gasteiger partial charge is 0.192 e. The van der Waals surface area contributed by atoms with Crippen molar-refractivity contribution in [3.63, 3.8) is 0 Å². The van der Waals surface area contributed by atoms with Crippen molar-refractivity contribution in [1.29, 1.82) is 0 Å². The Morgan fingerprint density at radius 1 is 0.833 bits per heavy atom. The molecule has 0 aliphatic heterocycles. The SMILES string of the molecule is CC(C)(C(=O)c1ccccc1)S(=O)(=O)CS(=O)(=O)c1ccccc1. The molecular weight excluding hydrogens is 348 g/mol. The maximum Gasteiger partial charge on any atom is 0.192 e. The Labute approximate surface area is 142 Å². The van der Waals surface area contributed by atoms with Crippen molar-refractivity contribution in [2.24, 2.45) is 0 Å². The van der Waals surface area contributed by atoms with Gasteiger partial charge in [-0.2, -0.15) is 0 Å². The molecule has 0 aliphatic rings. The molecule has 0 spiro atoms. The zero-order chi connectivity index (χ0) is 18.0. The Hall–Kier alpha value is -1.99. The summed E-state index contributed by atoms with van der Waals surface area (Å²) in [6, 6.07) is 15.3. The van der Waals surface area contributed by atoms with E-state index >= 15 is 0 Å². The monoisotopic (exact) mass is 366 g/mol. The maximum atomic E-state index is 12.7. The lowest BCUT2D eigenvalue weighted by Crippen LogP contribution is -2.43. The fourth-order valence-corrected chi connectivity index (χ4v) is 6.45. The van der Waals surface area contributed by atoms with Crippen LogP contribution in [0.1, 0.15) is 24.2 Å². The Balaban J connectivity index is 2.37. The molecule has 0 unspecified atom stereocenters. The van der Waals surface area contributed by atoms with E-state index in [1.165, 1.54) is 50.2 Å². The highest BCUT2D eigenvalue weighted by Gasteiger charge is 2.44. The van der Waals surface area contributed by atoms with Gasteiger partial charge in [0.05, 0.1) is 4.90 Å². The topological polar surface area (TPSA) is 85.3 Å². The van der Waals surface area contributed by atoms with Crippen molar-refractivity contribution in [2.75, 3.05) is 5.08 Å². The first-order chi connectivity index (χ1) is 11.1. The van der Waals surface area contributed by atoms with Crippen molar-refractivity contribution in [2.45, 2.75) is 23.5 Å². The van der Waals surface area contributed by atoms with Crippen molar-refractivity contribution in [1.82, 2.24) is 0 Å². The van der Waals surface area contributed by atoms with Gasteiger partial charge in [0.1, 0.15) is 4.75 Å². The number of ketones is 1. The molecule has 0 N–H and O–H groups in total. The molecule has 2 aromatic carbocycles. The number of benzene rings is 2. The van der Waals surface area contributed by atoms with Gasteiger partial charge in [-0.1, -0.05) is 48.5 Å². The number of rotatable bonds is 6. The summed E-state index contributed by atoms with van der Waals surface area (Å²) in [7, 11) is -8.31. The second-order valence-corrected chi connectivity index (χ2v) is 10.8. The largest absolute Gasteiger partial charge is 0.292 e. The van der Waals surface area contributed by atoms with E-state index in [4.69, 9.17) is 0 Å². The Morgan fingerprint density at radius 2 is 1.29 bits per heavy atom. The van der Waals surface area contributed by atoms with Gasteiger partial charge in [0.2, 0.25) is 0 Å². The van der Waals surface area contributed by atoms with Gasteiger partial charge in [0, 0.05) is 5.56 Å². The van der Waals surface area contributed by atoms with E-state index in [2.05, 4.69) is 0 Å². The summed E-state index contributed by atoms with van der Waals surface area (Å²) < 4.78 is 48.2. The number of hydrogen-bond acceptors (Lipinski definition) is 5. The fourth-order valence-electron chi connectivity index (χ4n) is 2.13. The van der Waals surface area contributed by atoms with Crippen LogP contribution >= 0.6 is 0 Å². The predicted octanol–water partition coefficient (Wildman–Crippen LogP) is 2.49. The molecule has 2 aromatic rings. The van der Waals surface area contributed by atoms with Crippen LogP contribution in [0.2, 0.25) is 0 Å². The van der Waals surface area contributed by atoms with Crippen LogP contribution < -0.4 is 0 Å². The van der Waals surface area contributed by atoms with Gasteiger partial charge >= 0.3 is 0 Å². The minimum Gasteiger partial charge on any atom is -0.292 e. The average molecular weight is 366 g/mol. The third kappa shape index (κ3) is 3.57. The molecular formula is C17H18O5S2. The van der Waals surface area contributed by atoms with Gasteiger partial charge in [-0.25, -0.2) is 16.8 Å². The molecule has 0 amide bonds. The summed E-state index contributed by atoms with van der Waals surface area (Å²) in [4.78, 5) is 12.5. The molecule has 5 nitrogen and oxygen atoms in total. The van der Waals surface area contributed by atoms with Gasteiger partial charge in [0.15, 0.2) is 30.5 Å². The zero-order valence-electron chi connectivity index (χ0n) is 13.3. The highest BCUT2D eigenvalue weighted by Crippen LogP contribution is 2.26. The highest BCUT2D eigenvalue weighted by molar-refractivity contribution is 8.09. The van der Waals surface area contributed by atoms with E-state index in [9.17, 15) is 21.6 Å². The first-order valence-corrected chi connectivity index (χ1v) is 10.5. The highest BCUT2D eigenvalue weighted by atomic mass is 32.3. The third-order valence-electron chi connectivity index (χ3n) is 3.77. The van der Waals surface area contributed by atoms with E-state index in [0.29, 0.717) is 0 Å². The molecule has 0 saturated heterocycles. The predicted molar refractivity (Wildman–Crippen MR) is 92.3 cm³/mol. The maximum absolute atomic E-state index is 12.7. The summed E-state index contributed by atoms with van der Waals surface area (Å²) in [5, 5.41) is -1.12. The molecule has 0 saturated carbocycles. The summed E-state index contributed by atoms with van der Waals surface area (Å²) in [6.45, 7) is 2.47. The molecule has 0 radical (unpaired) electrons. The summed E-state index contributed by atoms with van der Waals surface area (Å²) in [5.41, 5.74) is 0.225. The lowest BCUT2D eigenvalue weighted by Gasteiger charge is -2.23. The first kappa shape index (κ1) is 18.4. The number of carbonyl (C=O) groups excluding carboxylic acids is 1. The van der Waals surface area contributed by atoms with E-state index in [-0.39, 0.29) is 10.5 Å². The lowest BCUT2D eigenvalue weighted by atomic mass is 10.0. The van der Waals surface area contributed by atoms with Crippen LogP contribution in [-0.4, -0.2) is 32.5 Å². The molecule has 0 atom stereocenters. The normalized spacial score (nSPS) is 12.8. The van der Waals surface area contributed by atoms with Crippen LogP contribution in [0.3, 0.4) is 0 Å². The van der Waals surface area contributed by atoms with Crippen LogP contribution in [0, 0.1) is 0 Å². The van der Waals surface area contributed by atoms with Gasteiger partial charge in [-0.15, -0.1) is 0 Å². The van der Waals surface area contributed by atoms with Crippen molar-refractivity contribution >= 4 is 25.5 Å². The number of hydrogen-bond donors (Lipinski definition) is 0. The van der Waals surface area contributed by atoms with Gasteiger partial charge in [0.25, 0.3) is 0 Å². The zero-order valence-corrected chi connectivity index (χ0v) is 15.0. The van der Waals surface area contributed by atoms with Crippen molar-refractivity contribution in [3.05, 3.63) is 66.2 Å². The van der Waals surface area contributed by atoms with Crippen LogP contribution in [0.25, 0.3) is 0 Å². The first-order valence-electron chi connectivity index (χ1n) is 7.18. The summed E-state index contributed by atoms with van der Waals surface area (Å²) in [6.07, 6.45) is 0. The Kier molecular flexibility index (Phi) is 4.96. The second kappa shape index (κ2) is 6.49. The van der Waals surface area contributed by atoms with Crippen LogP contribution in [0.4, 0.5) is 0 Å². The quantitative estimate of drug-likeness (QED) is 0.733. The lowest BCUT2D eigenvalue weighted by molar-refractivity contribution is 0.0954. The Bertz CT molecular complexity index is 929. The van der Waals surface area contributed by atoms with Gasteiger partial charge in [-0.3, -0.25) is 4.79 Å². The van der Waals surface area contributed by atoms with Crippen LogP contribution in [0.15, 0.2) is 65.6 Å². The molecule has 0 aromatic heterocycles. The number of sulfone groups is 2. The van der Waals surface area contributed by atoms with Crippen molar-refractivity contribution in [3.8, 4) is 0 Å². The van der Waals surface area contributed by atoms with E-state index < -0.39 is 35.3 Å². The van der Waals surface area contributed by atoms with E-state index in [1.54, 1.807) is 24.3 Å². The molecule has 0 bridgehead atoms. The standard InChI is InChI=1S/C17H18O5S2/c1-17(2,16(18)14-9-5-3-6-10-14)24(21,22)13-23(19,20)15-11-7-4-8-12-15/h3-12H,13H2,1-2H3. The molecule has 2 rings (SSSR count). The second-order valence-electron chi connectivity index (χ2n) is 5.87. The van der Waals surface area contributed by atoms with Crippen LogP contribution in [0.5, 0.6) is 0 Å². The Morgan fingerprint density at radius 3 is 1.79 bits per heavy atom. The summed E-state index contributed by atoms with van der Waals surface area (Å²) >= 11 is 0. The van der Waals surface area contributed by atoms with E-state index in [1.807, 2.05) is 0 Å². The molecule has 7 heteroatoms. The fraction of sp³-hybridized carbons (Fsp3) is 0.235. The van der Waals surface area contributed by atoms with Crippen LogP contribution in [-0.2, 0) is 19.7 Å². The molecule has 0 fully saturated rings. The minimum atomic E-state index is -4.25. The minimum absolute atomic E-state index is 0.0865. The van der Waals surface area contributed by atoms with Gasteiger partial charge < -0.3 is 0 Å². The molecule has 128 valence electrons. The number of carbonyl (C=O) groups is 1. The summed E-state index contributed by atoms with van der Waals surface area (Å²) in [5.74, 6) is -0.633. The average Bonchev–Trinajstić information content (AvgIpc) is 2.54. The molecule has 0 aliphatic carbocycles. The molecule has 0 heterocycles. The third-order valence-corrected chi connectivity index (χ3v) is 8.99. The molecule has 24 heavy (non-hydrogen) atoms. The van der Waals surface area contributed by atoms with Gasteiger partial charge in [-0.05, 0) is 26.0 Å². The van der Waals surface area contributed by atoms with Crippen molar-refractivity contribution < 1.29 is 21.6 Å².